The second-order valence-corrected chi connectivity index (χ2v) is 7.49. The number of carbonyl (C=O) groups excluding carboxylic acids is 2. The summed E-state index contributed by atoms with van der Waals surface area (Å²) < 4.78 is 0. The number of nitro groups is 1. The Kier molecular flexibility index (Phi) is 7.54. The molecule has 0 heterocycles. The van der Waals surface area contributed by atoms with Gasteiger partial charge in [0.2, 0.25) is 11.8 Å². The molecule has 0 aromatic heterocycles. The molecule has 8 nitrogen and oxygen atoms in total. The summed E-state index contributed by atoms with van der Waals surface area (Å²) in [5.74, 6) is -0.737. The lowest BCUT2D eigenvalue weighted by molar-refractivity contribution is -0.384. The van der Waals surface area contributed by atoms with Gasteiger partial charge in [-0.3, -0.25) is 25.1 Å². The fourth-order valence-corrected chi connectivity index (χ4v) is 3.10. The van der Waals surface area contributed by atoms with Crippen LogP contribution >= 0.6 is 0 Å². The molecule has 3 aromatic rings. The third kappa shape index (κ3) is 6.76. The molecular formula is C25H24N4O4. The first kappa shape index (κ1) is 23.2. The number of nitrogens with one attached hydrogen (secondary N) is 3. The number of benzene rings is 3. The highest BCUT2D eigenvalue weighted by atomic mass is 16.6. The van der Waals surface area contributed by atoms with Crippen LogP contribution in [-0.2, 0) is 16.0 Å². The SMILES string of the molecule is CC(=CC(=O)Nc1cc([N+](=O)[O-])ccc1C)NNC(=O)Cc1ccc(-c2ccccc2)cc1. The van der Waals surface area contributed by atoms with E-state index in [1.165, 1.54) is 18.2 Å². The zero-order valence-corrected chi connectivity index (χ0v) is 18.3. The van der Waals surface area contributed by atoms with Crippen LogP contribution in [0.15, 0.2) is 84.6 Å². The van der Waals surface area contributed by atoms with Crippen molar-refractivity contribution in [2.24, 2.45) is 0 Å². The Bertz CT molecular complexity index is 1190. The number of nitrogens with zero attached hydrogens (tertiary/aromatic N) is 1. The van der Waals surface area contributed by atoms with E-state index >= 15 is 0 Å². The molecule has 3 rings (SSSR count). The minimum atomic E-state index is -0.525. The molecule has 0 saturated heterocycles. The van der Waals surface area contributed by atoms with Crippen molar-refractivity contribution in [3.05, 3.63) is 106 Å². The summed E-state index contributed by atoms with van der Waals surface area (Å²) in [4.78, 5) is 34.9. The summed E-state index contributed by atoms with van der Waals surface area (Å²) >= 11 is 0. The number of anilines is 1. The number of hydrogen-bond donors (Lipinski definition) is 3. The Balaban J connectivity index is 1.51. The van der Waals surface area contributed by atoms with Gasteiger partial charge in [0, 0.05) is 23.9 Å². The fraction of sp³-hybridized carbons (Fsp3) is 0.120. The number of rotatable bonds is 8. The number of allylic oxidation sites excluding steroid dienone is 1. The van der Waals surface area contributed by atoms with Gasteiger partial charge in [0.15, 0.2) is 0 Å². The maximum atomic E-state index is 12.2. The van der Waals surface area contributed by atoms with Crippen molar-refractivity contribution in [3.8, 4) is 11.1 Å². The minimum absolute atomic E-state index is 0.112. The third-order valence-electron chi connectivity index (χ3n) is 4.86. The first-order chi connectivity index (χ1) is 15.8. The maximum absolute atomic E-state index is 12.2. The van der Waals surface area contributed by atoms with Crippen LogP contribution < -0.4 is 16.2 Å². The molecule has 0 aliphatic rings. The summed E-state index contributed by atoms with van der Waals surface area (Å²) in [5, 5.41) is 13.5. The van der Waals surface area contributed by atoms with E-state index in [1.54, 1.807) is 19.9 Å². The van der Waals surface area contributed by atoms with Crippen molar-refractivity contribution < 1.29 is 14.5 Å². The van der Waals surface area contributed by atoms with E-state index in [4.69, 9.17) is 0 Å². The molecule has 168 valence electrons. The third-order valence-corrected chi connectivity index (χ3v) is 4.86. The normalized spacial score (nSPS) is 10.9. The predicted octanol–water partition coefficient (Wildman–Crippen LogP) is 4.28. The van der Waals surface area contributed by atoms with Crippen LogP contribution in [0.5, 0.6) is 0 Å². The van der Waals surface area contributed by atoms with Gasteiger partial charge in [-0.05, 0) is 36.1 Å². The highest BCUT2D eigenvalue weighted by Crippen LogP contribution is 2.22. The van der Waals surface area contributed by atoms with E-state index < -0.39 is 10.8 Å². The van der Waals surface area contributed by atoms with Crippen LogP contribution in [0.2, 0.25) is 0 Å². The molecule has 8 heteroatoms. The summed E-state index contributed by atoms with van der Waals surface area (Å²) in [6.07, 6.45) is 1.43. The average Bonchev–Trinajstić information content (AvgIpc) is 2.80. The first-order valence-electron chi connectivity index (χ1n) is 10.3. The highest BCUT2D eigenvalue weighted by molar-refractivity contribution is 6.00. The van der Waals surface area contributed by atoms with Crippen molar-refractivity contribution >= 4 is 23.2 Å². The number of nitro benzene ring substituents is 1. The van der Waals surface area contributed by atoms with Gasteiger partial charge < -0.3 is 10.7 Å². The van der Waals surface area contributed by atoms with E-state index in [9.17, 15) is 19.7 Å². The molecule has 2 amide bonds. The number of amides is 2. The molecule has 33 heavy (non-hydrogen) atoms. The molecule has 0 radical (unpaired) electrons. The van der Waals surface area contributed by atoms with Crippen molar-refractivity contribution in [3.63, 3.8) is 0 Å². The molecule has 0 bridgehead atoms. The van der Waals surface area contributed by atoms with Crippen LogP contribution in [-0.4, -0.2) is 16.7 Å². The van der Waals surface area contributed by atoms with Crippen LogP contribution in [0, 0.1) is 17.0 Å². The van der Waals surface area contributed by atoms with Crippen LogP contribution in [0.4, 0.5) is 11.4 Å². The Morgan fingerprint density at radius 1 is 0.939 bits per heavy atom. The van der Waals surface area contributed by atoms with Crippen molar-refractivity contribution in [1.29, 1.82) is 0 Å². The predicted molar refractivity (Wildman–Crippen MR) is 127 cm³/mol. The number of non-ortho nitro benzene ring substituents is 1. The van der Waals surface area contributed by atoms with Crippen molar-refractivity contribution in [2.75, 3.05) is 5.32 Å². The number of aryl methyl sites for hydroxylation is 1. The Morgan fingerprint density at radius 3 is 2.27 bits per heavy atom. The second kappa shape index (κ2) is 10.7. The van der Waals surface area contributed by atoms with E-state index in [-0.39, 0.29) is 18.0 Å². The zero-order chi connectivity index (χ0) is 23.8. The van der Waals surface area contributed by atoms with Crippen molar-refractivity contribution in [1.82, 2.24) is 10.9 Å². The quantitative estimate of drug-likeness (QED) is 0.273. The van der Waals surface area contributed by atoms with Gasteiger partial charge in [-0.2, -0.15) is 0 Å². The second-order valence-electron chi connectivity index (χ2n) is 7.49. The largest absolute Gasteiger partial charge is 0.322 e. The molecule has 3 N–H and O–H groups in total. The monoisotopic (exact) mass is 444 g/mol. The number of hydrogen-bond acceptors (Lipinski definition) is 5. The van der Waals surface area contributed by atoms with Crippen molar-refractivity contribution in [2.45, 2.75) is 20.3 Å². The zero-order valence-electron chi connectivity index (χ0n) is 18.3. The van der Waals surface area contributed by atoms with Gasteiger partial charge in [0.25, 0.3) is 5.69 Å². The van der Waals surface area contributed by atoms with Gasteiger partial charge in [-0.15, -0.1) is 0 Å². The molecule has 0 aliphatic carbocycles. The summed E-state index contributed by atoms with van der Waals surface area (Å²) in [6.45, 7) is 3.36. The molecule has 0 spiro atoms. The lowest BCUT2D eigenvalue weighted by atomic mass is 10.0. The van der Waals surface area contributed by atoms with Gasteiger partial charge in [0.1, 0.15) is 0 Å². The van der Waals surface area contributed by atoms with Crippen LogP contribution in [0.25, 0.3) is 11.1 Å². The number of carbonyl (C=O) groups is 2. The fourth-order valence-electron chi connectivity index (χ4n) is 3.10. The molecular weight excluding hydrogens is 420 g/mol. The Labute approximate surface area is 191 Å². The van der Waals surface area contributed by atoms with E-state index in [0.29, 0.717) is 16.9 Å². The smallest absolute Gasteiger partial charge is 0.271 e. The van der Waals surface area contributed by atoms with Gasteiger partial charge in [-0.1, -0.05) is 60.7 Å². The molecule has 0 unspecified atom stereocenters. The molecule has 0 atom stereocenters. The van der Waals surface area contributed by atoms with Gasteiger partial charge in [0.05, 0.1) is 17.0 Å². The van der Waals surface area contributed by atoms with Crippen LogP contribution in [0.3, 0.4) is 0 Å². The molecule has 3 aromatic carbocycles. The van der Waals surface area contributed by atoms with Gasteiger partial charge in [-0.25, -0.2) is 0 Å². The highest BCUT2D eigenvalue weighted by Gasteiger charge is 2.10. The lowest BCUT2D eigenvalue weighted by Crippen LogP contribution is -2.37. The van der Waals surface area contributed by atoms with E-state index in [2.05, 4.69) is 16.2 Å². The topological polar surface area (TPSA) is 113 Å². The maximum Gasteiger partial charge on any atom is 0.271 e. The van der Waals surface area contributed by atoms with E-state index in [1.807, 2.05) is 54.6 Å². The molecule has 0 aliphatic heterocycles. The molecule has 0 saturated carbocycles. The van der Waals surface area contributed by atoms with Gasteiger partial charge >= 0.3 is 0 Å². The lowest BCUT2D eigenvalue weighted by Gasteiger charge is -2.10. The minimum Gasteiger partial charge on any atom is -0.322 e. The summed E-state index contributed by atoms with van der Waals surface area (Å²) in [6, 6.07) is 21.9. The van der Waals surface area contributed by atoms with Crippen LogP contribution in [0.1, 0.15) is 18.1 Å². The molecule has 0 fully saturated rings. The Hall–Kier alpha value is -4.46. The summed E-state index contributed by atoms with van der Waals surface area (Å²) in [5.41, 5.74) is 9.62. The van der Waals surface area contributed by atoms with E-state index in [0.717, 1.165) is 16.7 Å². The Morgan fingerprint density at radius 2 is 1.61 bits per heavy atom. The summed E-state index contributed by atoms with van der Waals surface area (Å²) in [7, 11) is 0. The first-order valence-corrected chi connectivity index (χ1v) is 10.3. The standard InChI is InChI=1S/C25H24N4O4/c1-17-8-13-22(29(32)33)16-23(17)26-24(30)14-18(2)27-28-25(31)15-19-9-11-21(12-10-19)20-6-4-3-5-7-20/h3-14,16,27H,15H2,1-2H3,(H,26,30)(H,28,31). The average molecular weight is 444 g/mol. The number of hydrazine groups is 1.